The van der Waals surface area contributed by atoms with Gasteiger partial charge < -0.3 is 14.8 Å². The van der Waals surface area contributed by atoms with Gasteiger partial charge in [0.05, 0.1) is 6.61 Å². The fourth-order valence-corrected chi connectivity index (χ4v) is 1.42. The van der Waals surface area contributed by atoms with Gasteiger partial charge in [-0.15, -0.1) is 0 Å². The molecular formula is C13H18FNO3. The molecule has 0 saturated heterocycles. The lowest BCUT2D eigenvalue weighted by molar-refractivity contribution is -0.147. The molecule has 0 aliphatic rings. The maximum absolute atomic E-state index is 12.9. The summed E-state index contributed by atoms with van der Waals surface area (Å²) in [6.45, 7) is 1.65. The third kappa shape index (κ3) is 6.32. The molecule has 0 bridgehead atoms. The van der Waals surface area contributed by atoms with Crippen molar-refractivity contribution in [2.75, 3.05) is 26.9 Å². The van der Waals surface area contributed by atoms with Gasteiger partial charge in [0, 0.05) is 13.7 Å². The molecule has 1 rings (SSSR count). The molecule has 0 spiro atoms. The van der Waals surface area contributed by atoms with E-state index >= 15 is 0 Å². The third-order valence-corrected chi connectivity index (χ3v) is 2.24. The largest absolute Gasteiger partial charge is 0.464 e. The maximum atomic E-state index is 12.9. The Balaban J connectivity index is 2.04. The lowest BCUT2D eigenvalue weighted by Crippen LogP contribution is -2.18. The van der Waals surface area contributed by atoms with Gasteiger partial charge in [-0.05, 0) is 30.7 Å². The van der Waals surface area contributed by atoms with E-state index in [1.165, 1.54) is 19.2 Å². The van der Waals surface area contributed by atoms with Crippen molar-refractivity contribution in [2.24, 2.45) is 0 Å². The fourth-order valence-electron chi connectivity index (χ4n) is 1.42. The van der Waals surface area contributed by atoms with Crippen LogP contribution >= 0.6 is 0 Å². The first-order chi connectivity index (χ1) is 8.72. The number of carbonyl (C=O) groups is 1. The molecule has 4 nitrogen and oxygen atoms in total. The van der Waals surface area contributed by atoms with E-state index in [0.29, 0.717) is 26.1 Å². The number of benzene rings is 1. The van der Waals surface area contributed by atoms with Crippen molar-refractivity contribution in [1.82, 2.24) is 5.32 Å². The van der Waals surface area contributed by atoms with Crippen LogP contribution < -0.4 is 5.32 Å². The second-order valence-electron chi connectivity index (χ2n) is 3.81. The van der Waals surface area contributed by atoms with Crippen LogP contribution in [0.25, 0.3) is 0 Å². The molecule has 0 aliphatic carbocycles. The van der Waals surface area contributed by atoms with E-state index in [2.05, 4.69) is 10.1 Å². The van der Waals surface area contributed by atoms with Crippen LogP contribution in [0, 0.1) is 5.82 Å². The Morgan fingerprint density at radius 3 is 3.00 bits per heavy atom. The molecular weight excluding hydrogens is 237 g/mol. The molecule has 100 valence electrons. The number of rotatable bonds is 8. The highest BCUT2D eigenvalue weighted by Gasteiger charge is 2.00. The first-order valence-electron chi connectivity index (χ1n) is 5.82. The molecule has 0 unspecified atom stereocenters. The van der Waals surface area contributed by atoms with Gasteiger partial charge in [0.2, 0.25) is 0 Å². The van der Waals surface area contributed by atoms with Crippen molar-refractivity contribution < 1.29 is 18.7 Å². The van der Waals surface area contributed by atoms with Crippen molar-refractivity contribution in [3.05, 3.63) is 35.6 Å². The normalized spacial score (nSPS) is 10.3. The number of ether oxygens (including phenoxy) is 2. The Morgan fingerprint density at radius 1 is 1.44 bits per heavy atom. The summed E-state index contributed by atoms with van der Waals surface area (Å²) < 4.78 is 22.4. The van der Waals surface area contributed by atoms with E-state index in [1.54, 1.807) is 6.07 Å². The Bertz CT molecular complexity index is 371. The van der Waals surface area contributed by atoms with Crippen LogP contribution in [0.4, 0.5) is 4.39 Å². The number of halogens is 1. The van der Waals surface area contributed by atoms with Crippen molar-refractivity contribution in [1.29, 1.82) is 0 Å². The summed E-state index contributed by atoms with van der Waals surface area (Å²) in [5.41, 5.74) is 0.895. The minimum absolute atomic E-state index is 0.0171. The van der Waals surface area contributed by atoms with Gasteiger partial charge in [-0.1, -0.05) is 12.1 Å². The lowest BCUT2D eigenvalue weighted by Gasteiger charge is -2.06. The molecule has 0 radical (unpaired) electrons. The number of nitrogens with one attached hydrogen (secondary N) is 1. The van der Waals surface area contributed by atoms with Gasteiger partial charge in [-0.25, -0.2) is 9.18 Å². The molecule has 0 atom stereocenters. The summed E-state index contributed by atoms with van der Waals surface area (Å²) in [5, 5.41) is 3.15. The van der Waals surface area contributed by atoms with Crippen molar-refractivity contribution in [2.45, 2.75) is 13.0 Å². The van der Waals surface area contributed by atoms with Crippen LogP contribution in [-0.2, 0) is 20.8 Å². The molecule has 0 heterocycles. The Morgan fingerprint density at radius 2 is 2.28 bits per heavy atom. The van der Waals surface area contributed by atoms with Crippen LogP contribution in [0.5, 0.6) is 0 Å². The smallest absolute Gasteiger partial charge is 0.332 e. The van der Waals surface area contributed by atoms with Gasteiger partial charge in [-0.2, -0.15) is 0 Å². The van der Waals surface area contributed by atoms with Crippen LogP contribution in [0.15, 0.2) is 24.3 Å². The van der Waals surface area contributed by atoms with Crippen molar-refractivity contribution in [3.63, 3.8) is 0 Å². The highest BCUT2D eigenvalue weighted by molar-refractivity contribution is 5.70. The van der Waals surface area contributed by atoms with Gasteiger partial charge in [0.25, 0.3) is 0 Å². The fraction of sp³-hybridized carbons (Fsp3) is 0.462. The van der Waals surface area contributed by atoms with E-state index in [-0.39, 0.29) is 18.4 Å². The second-order valence-corrected chi connectivity index (χ2v) is 3.81. The summed E-state index contributed by atoms with van der Waals surface area (Å²) in [7, 11) is 1.45. The first kappa shape index (κ1) is 14.6. The number of hydrogen-bond donors (Lipinski definition) is 1. The molecule has 0 fully saturated rings. The molecule has 0 saturated carbocycles. The van der Waals surface area contributed by atoms with Gasteiger partial charge >= 0.3 is 5.97 Å². The number of methoxy groups -OCH3 is 1. The highest BCUT2D eigenvalue weighted by atomic mass is 19.1. The number of carbonyl (C=O) groups excluding carboxylic acids is 1. The lowest BCUT2D eigenvalue weighted by atomic mass is 10.2. The maximum Gasteiger partial charge on any atom is 0.332 e. The van der Waals surface area contributed by atoms with Gasteiger partial charge in [0.1, 0.15) is 12.4 Å². The second kappa shape index (κ2) is 8.60. The summed E-state index contributed by atoms with van der Waals surface area (Å²) in [6.07, 6.45) is 0.713. The zero-order valence-corrected chi connectivity index (χ0v) is 10.4. The first-order valence-corrected chi connectivity index (χ1v) is 5.82. The molecule has 1 aromatic carbocycles. The summed E-state index contributed by atoms with van der Waals surface area (Å²) in [4.78, 5) is 10.9. The molecule has 1 N–H and O–H groups in total. The molecule has 0 aliphatic heterocycles. The Hall–Kier alpha value is -1.46. The average Bonchev–Trinajstić information content (AvgIpc) is 2.34. The van der Waals surface area contributed by atoms with Crippen molar-refractivity contribution >= 4 is 5.97 Å². The monoisotopic (exact) mass is 255 g/mol. The summed E-state index contributed by atoms with van der Waals surface area (Å²) in [5.74, 6) is -0.592. The van der Waals surface area contributed by atoms with Gasteiger partial charge in [-0.3, -0.25) is 0 Å². The molecule has 5 heteroatoms. The van der Waals surface area contributed by atoms with Crippen LogP contribution in [0.1, 0.15) is 12.0 Å². The predicted molar refractivity (Wildman–Crippen MR) is 65.6 cm³/mol. The van der Waals surface area contributed by atoms with E-state index in [4.69, 9.17) is 4.74 Å². The zero-order valence-electron chi connectivity index (χ0n) is 10.4. The Labute approximate surface area is 106 Å². The Kier molecular flexibility index (Phi) is 6.98. The SMILES string of the molecule is COCC(=O)OCCCNCc1cccc(F)c1. The van der Waals surface area contributed by atoms with Crippen molar-refractivity contribution in [3.8, 4) is 0 Å². The van der Waals surface area contributed by atoms with E-state index in [9.17, 15) is 9.18 Å². The van der Waals surface area contributed by atoms with E-state index in [1.807, 2.05) is 6.07 Å². The molecule has 18 heavy (non-hydrogen) atoms. The quantitative estimate of drug-likeness (QED) is 0.565. The minimum atomic E-state index is -0.359. The number of hydrogen-bond acceptors (Lipinski definition) is 4. The standard InChI is InChI=1S/C13H18FNO3/c1-17-10-13(16)18-7-3-6-15-9-11-4-2-5-12(14)8-11/h2,4-5,8,15H,3,6-7,9-10H2,1H3. The number of esters is 1. The molecule has 0 aromatic heterocycles. The van der Waals surface area contributed by atoms with Crippen LogP contribution in [0.3, 0.4) is 0 Å². The molecule has 0 amide bonds. The van der Waals surface area contributed by atoms with Crippen LogP contribution in [-0.4, -0.2) is 32.8 Å². The van der Waals surface area contributed by atoms with Gasteiger partial charge in [0.15, 0.2) is 0 Å². The summed E-state index contributed by atoms with van der Waals surface area (Å²) in [6, 6.07) is 6.44. The summed E-state index contributed by atoms with van der Waals surface area (Å²) >= 11 is 0. The topological polar surface area (TPSA) is 47.6 Å². The average molecular weight is 255 g/mol. The van der Waals surface area contributed by atoms with E-state index < -0.39 is 0 Å². The van der Waals surface area contributed by atoms with Crippen LogP contribution in [0.2, 0.25) is 0 Å². The predicted octanol–water partition coefficient (Wildman–Crippen LogP) is 1.49. The van der Waals surface area contributed by atoms with E-state index in [0.717, 1.165) is 5.56 Å². The highest BCUT2D eigenvalue weighted by Crippen LogP contribution is 2.02. The molecule has 1 aromatic rings. The zero-order chi connectivity index (χ0) is 13.2. The third-order valence-electron chi connectivity index (χ3n) is 2.24. The minimum Gasteiger partial charge on any atom is -0.464 e.